The van der Waals surface area contributed by atoms with Gasteiger partial charge in [0, 0.05) is 10.1 Å². The van der Waals surface area contributed by atoms with E-state index < -0.39 is 5.79 Å². The maximum Gasteiger partial charge on any atom is 1.00 e. The first-order valence-corrected chi connectivity index (χ1v) is 8.50. The molecule has 1 aromatic heterocycles. The third kappa shape index (κ3) is 3.39. The van der Waals surface area contributed by atoms with Crippen LogP contribution < -0.4 is 51.4 Å². The number of aromatic nitrogens is 2. The molecule has 0 aromatic carbocycles. The second-order valence-corrected chi connectivity index (χ2v) is 7.42. The van der Waals surface area contributed by atoms with Crippen LogP contribution in [-0.4, -0.2) is 25.0 Å². The molecular formula is C13H17FI2KN3. The first-order valence-electron chi connectivity index (χ1n) is 6.17. The van der Waals surface area contributed by atoms with E-state index in [1.165, 1.54) is 0 Å². The zero-order valence-corrected chi connectivity index (χ0v) is 20.1. The van der Waals surface area contributed by atoms with E-state index in [1.54, 1.807) is 6.92 Å². The summed E-state index contributed by atoms with van der Waals surface area (Å²) >= 11 is 4.35. The molecule has 20 heavy (non-hydrogen) atoms. The SMILES string of the molecule is Cc1nc(I)nc2c1[C-](C)C(I)N(C(C)C)C2(C)F.[K+]. The number of hydrogen-bond donors (Lipinski definition) is 0. The standard InChI is InChI=1S/C13H17FI2N3.K/c1-6(2)19-11(15)7(3)9-8(4)17-12(16)18-10(9)13(19,5)14;/h6,11H,1-5H3;/q-1;+1. The average molecular weight is 527 g/mol. The van der Waals surface area contributed by atoms with Crippen molar-refractivity contribution in [2.45, 2.75) is 50.5 Å². The molecule has 2 rings (SSSR count). The third-order valence-electron chi connectivity index (χ3n) is 3.53. The molecule has 0 saturated carbocycles. The van der Waals surface area contributed by atoms with Gasteiger partial charge in [0.25, 0.3) is 0 Å². The van der Waals surface area contributed by atoms with Crippen molar-refractivity contribution in [3.05, 3.63) is 26.7 Å². The van der Waals surface area contributed by atoms with Crippen LogP contribution in [0.15, 0.2) is 0 Å². The zero-order valence-electron chi connectivity index (χ0n) is 12.6. The molecule has 7 heteroatoms. The van der Waals surface area contributed by atoms with Gasteiger partial charge in [-0.05, 0) is 49.1 Å². The summed E-state index contributed by atoms with van der Waals surface area (Å²) < 4.78 is 16.0. The smallest absolute Gasteiger partial charge is 0.296 e. The Morgan fingerprint density at radius 2 is 1.95 bits per heavy atom. The molecular weight excluding hydrogens is 510 g/mol. The minimum absolute atomic E-state index is 0. The summed E-state index contributed by atoms with van der Waals surface area (Å²) in [6.45, 7) is 9.61. The number of alkyl halides is 2. The third-order valence-corrected chi connectivity index (χ3v) is 5.55. The Labute approximate surface area is 190 Å². The van der Waals surface area contributed by atoms with E-state index in [-0.39, 0.29) is 61.5 Å². The van der Waals surface area contributed by atoms with E-state index in [0.717, 1.165) is 17.2 Å². The summed E-state index contributed by atoms with van der Waals surface area (Å²) in [6, 6.07) is 0.105. The maximum absolute atomic E-state index is 15.4. The predicted molar refractivity (Wildman–Crippen MR) is 90.7 cm³/mol. The van der Waals surface area contributed by atoms with Crippen LogP contribution in [0.2, 0.25) is 0 Å². The molecule has 106 valence electrons. The number of rotatable bonds is 1. The van der Waals surface area contributed by atoms with Crippen molar-refractivity contribution in [3.63, 3.8) is 0 Å². The quantitative estimate of drug-likeness (QED) is 0.136. The number of aryl methyl sites for hydroxylation is 1. The molecule has 0 N–H and O–H groups in total. The Kier molecular flexibility index (Phi) is 7.22. The monoisotopic (exact) mass is 527 g/mol. The average Bonchev–Trinajstić information content (AvgIpc) is 2.24. The molecule has 1 aliphatic rings. The van der Waals surface area contributed by atoms with Gasteiger partial charge in [-0.15, -0.1) is 11.5 Å². The van der Waals surface area contributed by atoms with Crippen molar-refractivity contribution < 1.29 is 55.8 Å². The molecule has 0 aliphatic carbocycles. The Morgan fingerprint density at radius 3 is 2.45 bits per heavy atom. The fraction of sp³-hybridized carbons (Fsp3) is 0.615. The van der Waals surface area contributed by atoms with Crippen LogP contribution in [0.25, 0.3) is 0 Å². The normalized spacial score (nSPS) is 26.4. The molecule has 0 bridgehead atoms. The molecule has 0 fully saturated rings. The Balaban J connectivity index is 0.00000200. The maximum atomic E-state index is 15.4. The van der Waals surface area contributed by atoms with Crippen LogP contribution in [0.1, 0.15) is 44.6 Å². The van der Waals surface area contributed by atoms with E-state index in [9.17, 15) is 0 Å². The van der Waals surface area contributed by atoms with Crippen molar-refractivity contribution in [2.24, 2.45) is 0 Å². The molecule has 1 aliphatic heterocycles. The van der Waals surface area contributed by atoms with E-state index in [1.807, 2.05) is 55.2 Å². The minimum atomic E-state index is -1.57. The molecule has 0 radical (unpaired) electrons. The number of halogens is 3. The predicted octanol–water partition coefficient (Wildman–Crippen LogP) is 0.963. The molecule has 2 atom stereocenters. The van der Waals surface area contributed by atoms with Gasteiger partial charge >= 0.3 is 51.4 Å². The van der Waals surface area contributed by atoms with Crippen LogP contribution in [0, 0.1) is 16.7 Å². The Bertz CT molecular complexity index is 511. The van der Waals surface area contributed by atoms with Crippen LogP contribution >= 0.6 is 45.2 Å². The molecule has 2 unspecified atom stereocenters. The number of hydrogen-bond acceptors (Lipinski definition) is 3. The van der Waals surface area contributed by atoms with Gasteiger partial charge in [-0.1, -0.05) is 42.1 Å². The van der Waals surface area contributed by atoms with Crippen molar-refractivity contribution in [1.82, 2.24) is 14.9 Å². The largest absolute Gasteiger partial charge is 1.00 e. The number of fused-ring (bicyclic) bond motifs is 1. The van der Waals surface area contributed by atoms with Crippen LogP contribution in [0.4, 0.5) is 4.39 Å². The summed E-state index contributed by atoms with van der Waals surface area (Å²) in [6.07, 6.45) is 0. The molecule has 3 nitrogen and oxygen atoms in total. The summed E-state index contributed by atoms with van der Waals surface area (Å²) in [4.78, 5) is 10.6. The molecule has 2 heterocycles. The molecule has 0 amide bonds. The minimum Gasteiger partial charge on any atom is -0.296 e. The molecule has 0 saturated heterocycles. The first-order chi connectivity index (χ1) is 8.67. The summed E-state index contributed by atoms with van der Waals surface area (Å²) in [5.41, 5.74) is 2.26. The first kappa shape index (κ1) is 20.0. The fourth-order valence-corrected chi connectivity index (χ4v) is 4.83. The van der Waals surface area contributed by atoms with Gasteiger partial charge in [0.2, 0.25) is 0 Å². The second kappa shape index (κ2) is 7.23. The Hall–Kier alpha value is 1.94. The van der Waals surface area contributed by atoms with Gasteiger partial charge in [-0.25, -0.2) is 4.39 Å². The zero-order chi connectivity index (χ0) is 14.5. The molecule has 0 spiro atoms. The van der Waals surface area contributed by atoms with Crippen LogP contribution in [0.5, 0.6) is 0 Å². The van der Waals surface area contributed by atoms with Gasteiger partial charge in [0.05, 0.1) is 0 Å². The topological polar surface area (TPSA) is 29.0 Å². The van der Waals surface area contributed by atoms with Crippen molar-refractivity contribution in [1.29, 1.82) is 0 Å². The van der Waals surface area contributed by atoms with Gasteiger partial charge in [-0.3, -0.25) is 14.9 Å². The van der Waals surface area contributed by atoms with E-state index in [4.69, 9.17) is 0 Å². The van der Waals surface area contributed by atoms with Gasteiger partial charge in [-0.2, -0.15) is 0 Å². The van der Waals surface area contributed by atoms with Crippen LogP contribution in [-0.2, 0) is 5.79 Å². The second-order valence-electron chi connectivity index (χ2n) is 5.27. The number of nitrogens with zero attached hydrogens (tertiary/aromatic N) is 3. The van der Waals surface area contributed by atoms with Crippen molar-refractivity contribution in [2.75, 3.05) is 0 Å². The van der Waals surface area contributed by atoms with E-state index in [2.05, 4.69) is 32.6 Å². The van der Waals surface area contributed by atoms with E-state index >= 15 is 4.39 Å². The van der Waals surface area contributed by atoms with Gasteiger partial charge < -0.3 is 0 Å². The van der Waals surface area contributed by atoms with Gasteiger partial charge in [0.1, 0.15) is 0 Å². The summed E-state index contributed by atoms with van der Waals surface area (Å²) in [7, 11) is 0. The summed E-state index contributed by atoms with van der Waals surface area (Å²) in [5, 5.41) is 0. The van der Waals surface area contributed by atoms with Crippen molar-refractivity contribution >= 4 is 45.2 Å². The Morgan fingerprint density at radius 1 is 1.40 bits per heavy atom. The fourth-order valence-electron chi connectivity index (χ4n) is 2.75. The van der Waals surface area contributed by atoms with Gasteiger partial charge in [0.15, 0.2) is 9.62 Å². The van der Waals surface area contributed by atoms with Crippen LogP contribution in [0.3, 0.4) is 0 Å². The summed E-state index contributed by atoms with van der Waals surface area (Å²) in [5.74, 6) is -0.434. The van der Waals surface area contributed by atoms with Crippen molar-refractivity contribution in [3.8, 4) is 0 Å². The van der Waals surface area contributed by atoms with E-state index in [0.29, 0.717) is 9.53 Å². The molecule has 1 aromatic rings.